The van der Waals surface area contributed by atoms with Gasteiger partial charge in [-0.25, -0.2) is 10.4 Å². The number of benzene rings is 2. The zero-order valence-corrected chi connectivity index (χ0v) is 25.5. The van der Waals surface area contributed by atoms with Crippen LogP contribution in [-0.2, 0) is 17.6 Å². The molecule has 1 N–H and O–H groups in total. The number of carbonyl (C=O) groups is 1. The Morgan fingerprint density at radius 1 is 1.10 bits per heavy atom. The van der Waals surface area contributed by atoms with Crippen LogP contribution in [0.4, 0.5) is 0 Å². The van der Waals surface area contributed by atoms with Crippen LogP contribution in [0.15, 0.2) is 51.5 Å². The van der Waals surface area contributed by atoms with Gasteiger partial charge in [-0.3, -0.25) is 14.2 Å². The lowest BCUT2D eigenvalue weighted by Crippen LogP contribution is -2.24. The van der Waals surface area contributed by atoms with E-state index < -0.39 is 0 Å². The van der Waals surface area contributed by atoms with Crippen molar-refractivity contribution in [2.24, 2.45) is 5.10 Å². The molecule has 0 spiro atoms. The van der Waals surface area contributed by atoms with Crippen LogP contribution in [0.1, 0.15) is 35.8 Å². The monoisotopic (exact) mass is 608 g/mol. The number of methoxy groups -OCH3 is 3. The zero-order valence-electron chi connectivity index (χ0n) is 23.9. The van der Waals surface area contributed by atoms with Gasteiger partial charge in [0.15, 0.2) is 16.7 Å². The predicted molar refractivity (Wildman–Crippen MR) is 166 cm³/mol. The number of aromatic nitrogens is 2. The molecule has 0 bridgehead atoms. The van der Waals surface area contributed by atoms with E-state index in [2.05, 4.69) is 10.5 Å². The van der Waals surface area contributed by atoms with Crippen LogP contribution in [-0.4, -0.2) is 55.4 Å². The highest BCUT2D eigenvalue weighted by Gasteiger charge is 2.23. The fraction of sp³-hybridized carbons (Fsp3) is 0.333. The molecule has 220 valence electrons. The molecule has 0 saturated carbocycles. The smallest absolute Gasteiger partial charge is 0.267 e. The van der Waals surface area contributed by atoms with Crippen LogP contribution in [0.25, 0.3) is 15.9 Å². The topological polar surface area (TPSA) is 113 Å². The van der Waals surface area contributed by atoms with Gasteiger partial charge in [0, 0.05) is 10.4 Å². The normalized spacial score (nSPS) is 12.8. The van der Waals surface area contributed by atoms with Crippen molar-refractivity contribution in [3.05, 3.63) is 62.8 Å². The van der Waals surface area contributed by atoms with Crippen LogP contribution >= 0.6 is 23.1 Å². The first kappa shape index (κ1) is 29.5. The molecule has 0 radical (unpaired) electrons. The number of hydrogen-bond donors (Lipinski definition) is 1. The third-order valence-corrected chi connectivity index (χ3v) is 8.91. The van der Waals surface area contributed by atoms with Crippen molar-refractivity contribution in [2.45, 2.75) is 37.8 Å². The van der Waals surface area contributed by atoms with Gasteiger partial charge in [-0.15, -0.1) is 11.3 Å². The maximum absolute atomic E-state index is 13.9. The number of nitrogens with zero attached hydrogens (tertiary/aromatic N) is 3. The first-order chi connectivity index (χ1) is 20.5. The second kappa shape index (κ2) is 13.3. The van der Waals surface area contributed by atoms with Crippen molar-refractivity contribution in [3.63, 3.8) is 0 Å². The maximum atomic E-state index is 13.9. The molecule has 5 rings (SSSR count). The molecule has 12 heteroatoms. The summed E-state index contributed by atoms with van der Waals surface area (Å²) in [7, 11) is 4.59. The Morgan fingerprint density at radius 2 is 1.81 bits per heavy atom. The lowest BCUT2D eigenvalue weighted by molar-refractivity contribution is -0.118. The van der Waals surface area contributed by atoms with Gasteiger partial charge in [0.25, 0.3) is 11.5 Å². The summed E-state index contributed by atoms with van der Waals surface area (Å²) in [4.78, 5) is 33.6. The number of carbonyl (C=O) groups excluding carboxylic acids is 1. The number of fused-ring (bicyclic) bond motifs is 3. The minimum Gasteiger partial charge on any atom is -0.494 e. The number of ether oxygens (including phenoxy) is 4. The highest BCUT2D eigenvalue weighted by atomic mass is 32.2. The lowest BCUT2D eigenvalue weighted by atomic mass is 9.97. The van der Waals surface area contributed by atoms with E-state index in [4.69, 9.17) is 23.9 Å². The number of rotatable bonds is 11. The number of thiophene rings is 1. The number of hydrazone groups is 1. The standard InChI is InChI=1S/C30H32N4O6S2/c1-5-40-20-12-10-19(11-13-20)34-29(36)26-21-8-6-7-9-24(21)42-28(26)32-30(34)41-17-25(35)33-31-16-18-14-22(37-2)27(39-4)23(15-18)38-3/h10-16H,5-9,17H2,1-4H3,(H,33,35). The molecule has 0 aliphatic heterocycles. The van der Waals surface area contributed by atoms with Crippen LogP contribution in [0.2, 0.25) is 0 Å². The molecule has 10 nitrogen and oxygen atoms in total. The summed E-state index contributed by atoms with van der Waals surface area (Å²) in [6.45, 7) is 2.47. The van der Waals surface area contributed by atoms with E-state index in [-0.39, 0.29) is 17.2 Å². The third kappa shape index (κ3) is 6.09. The van der Waals surface area contributed by atoms with E-state index in [1.165, 1.54) is 44.2 Å². The summed E-state index contributed by atoms with van der Waals surface area (Å²) in [6.07, 6.45) is 5.52. The first-order valence-corrected chi connectivity index (χ1v) is 15.3. The molecule has 0 atom stereocenters. The first-order valence-electron chi connectivity index (χ1n) is 13.5. The fourth-order valence-corrected chi connectivity index (χ4v) is 6.99. The van der Waals surface area contributed by atoms with E-state index >= 15 is 0 Å². The summed E-state index contributed by atoms with van der Waals surface area (Å²) in [5.74, 6) is 1.80. The summed E-state index contributed by atoms with van der Waals surface area (Å²) in [6, 6.07) is 10.8. The molecular weight excluding hydrogens is 576 g/mol. The minimum absolute atomic E-state index is 0.00661. The van der Waals surface area contributed by atoms with Gasteiger partial charge in [-0.05, 0) is 74.6 Å². The van der Waals surface area contributed by atoms with Crippen molar-refractivity contribution in [1.29, 1.82) is 0 Å². The average Bonchev–Trinajstić information content (AvgIpc) is 3.39. The molecule has 42 heavy (non-hydrogen) atoms. The Morgan fingerprint density at radius 3 is 2.48 bits per heavy atom. The minimum atomic E-state index is -0.346. The van der Waals surface area contributed by atoms with Crippen molar-refractivity contribution in [2.75, 3.05) is 33.7 Å². The number of aryl methyl sites for hydroxylation is 2. The Labute approximate surface area is 251 Å². The lowest BCUT2D eigenvalue weighted by Gasteiger charge is -2.14. The van der Waals surface area contributed by atoms with Gasteiger partial charge in [0.1, 0.15) is 10.6 Å². The summed E-state index contributed by atoms with van der Waals surface area (Å²) >= 11 is 2.77. The van der Waals surface area contributed by atoms with Gasteiger partial charge in [-0.2, -0.15) is 5.10 Å². The molecule has 1 aliphatic rings. The van der Waals surface area contributed by atoms with E-state index in [1.807, 2.05) is 31.2 Å². The molecular formula is C30H32N4O6S2. The van der Waals surface area contributed by atoms with Crippen LogP contribution in [0.3, 0.4) is 0 Å². The number of thioether (sulfide) groups is 1. The molecule has 2 aromatic carbocycles. The summed E-state index contributed by atoms with van der Waals surface area (Å²) in [5.41, 5.74) is 4.86. The van der Waals surface area contributed by atoms with Crippen molar-refractivity contribution >= 4 is 45.4 Å². The zero-order chi connectivity index (χ0) is 29.6. The van der Waals surface area contributed by atoms with E-state index in [1.54, 1.807) is 28.0 Å². The highest BCUT2D eigenvalue weighted by molar-refractivity contribution is 7.99. The SMILES string of the molecule is CCOc1ccc(-n2c(SCC(=O)NN=Cc3cc(OC)c(OC)c(OC)c3)nc3sc4c(c3c2=O)CCCC4)cc1. The third-order valence-electron chi connectivity index (χ3n) is 6.79. The molecule has 0 saturated heterocycles. The highest BCUT2D eigenvalue weighted by Crippen LogP contribution is 2.38. The Bertz CT molecular complexity index is 1660. The number of amides is 1. The molecule has 1 aliphatic carbocycles. The second-order valence-corrected chi connectivity index (χ2v) is 11.4. The van der Waals surface area contributed by atoms with Crippen LogP contribution in [0.5, 0.6) is 23.0 Å². The van der Waals surface area contributed by atoms with Crippen molar-refractivity contribution in [1.82, 2.24) is 15.0 Å². The van der Waals surface area contributed by atoms with Crippen LogP contribution in [0, 0.1) is 0 Å². The van der Waals surface area contributed by atoms with Crippen molar-refractivity contribution < 1.29 is 23.7 Å². The largest absolute Gasteiger partial charge is 0.494 e. The van der Waals surface area contributed by atoms with Gasteiger partial charge in [0.05, 0.1) is 51.0 Å². The molecule has 4 aromatic rings. The maximum Gasteiger partial charge on any atom is 0.267 e. The molecule has 0 unspecified atom stereocenters. The molecule has 2 heterocycles. The van der Waals surface area contributed by atoms with Gasteiger partial charge in [0.2, 0.25) is 5.75 Å². The van der Waals surface area contributed by atoms with Gasteiger partial charge < -0.3 is 18.9 Å². The van der Waals surface area contributed by atoms with E-state index in [0.29, 0.717) is 45.6 Å². The van der Waals surface area contributed by atoms with Gasteiger partial charge in [-0.1, -0.05) is 11.8 Å². The molecule has 0 fully saturated rings. The Hall–Kier alpha value is -4.03. The predicted octanol–water partition coefficient (Wildman–Crippen LogP) is 4.99. The number of hydrogen-bond acceptors (Lipinski definition) is 10. The van der Waals surface area contributed by atoms with E-state index in [9.17, 15) is 9.59 Å². The van der Waals surface area contributed by atoms with E-state index in [0.717, 1.165) is 41.8 Å². The summed E-state index contributed by atoms with van der Waals surface area (Å²) in [5, 5.41) is 5.22. The second-order valence-electron chi connectivity index (χ2n) is 9.39. The average molecular weight is 609 g/mol. The Balaban J connectivity index is 1.39. The number of nitrogens with one attached hydrogen (secondary N) is 1. The molecule has 2 aromatic heterocycles. The quantitative estimate of drug-likeness (QED) is 0.110. The van der Waals surface area contributed by atoms with Gasteiger partial charge >= 0.3 is 0 Å². The van der Waals surface area contributed by atoms with Crippen LogP contribution < -0.4 is 29.9 Å². The molecule has 1 amide bonds. The summed E-state index contributed by atoms with van der Waals surface area (Å²) < 4.78 is 23.3. The van der Waals surface area contributed by atoms with Crippen molar-refractivity contribution in [3.8, 4) is 28.7 Å². The fourth-order valence-electron chi connectivity index (χ4n) is 4.89. The Kier molecular flexibility index (Phi) is 9.33.